The molecular weight excluding hydrogens is 343 g/mol. The normalized spacial score (nSPS) is 13.4. The van der Waals surface area contributed by atoms with Crippen molar-refractivity contribution in [3.05, 3.63) is 65.5 Å². The molecule has 0 fully saturated rings. The molecule has 0 radical (unpaired) electrons. The van der Waals surface area contributed by atoms with Crippen molar-refractivity contribution in [2.75, 3.05) is 31.1 Å². The Hall–Kier alpha value is -2.89. The van der Waals surface area contributed by atoms with Gasteiger partial charge in [0.05, 0.1) is 0 Å². The van der Waals surface area contributed by atoms with Crippen molar-refractivity contribution in [3.63, 3.8) is 0 Å². The number of nitrogens with one attached hydrogen (secondary N) is 2. The highest BCUT2D eigenvalue weighted by Gasteiger charge is 2.23. The first-order valence-corrected chi connectivity index (χ1v) is 9.33. The second-order valence-corrected chi connectivity index (χ2v) is 6.39. The number of nitrogens with zero attached hydrogens (tertiary/aromatic N) is 2. The van der Waals surface area contributed by atoms with Crippen LogP contribution in [0.25, 0.3) is 0 Å². The highest BCUT2D eigenvalue weighted by Crippen LogP contribution is 2.27. The van der Waals surface area contributed by atoms with Gasteiger partial charge >= 0.3 is 0 Å². The summed E-state index contributed by atoms with van der Waals surface area (Å²) < 4.78 is 13.7. The third-order valence-corrected chi connectivity index (χ3v) is 4.55. The smallest absolute Gasteiger partial charge is 0.248 e. The summed E-state index contributed by atoms with van der Waals surface area (Å²) in [6.45, 7) is 3.96. The van der Waals surface area contributed by atoms with Crippen molar-refractivity contribution in [3.8, 4) is 0 Å². The van der Waals surface area contributed by atoms with Gasteiger partial charge < -0.3 is 15.5 Å². The van der Waals surface area contributed by atoms with E-state index in [0.717, 1.165) is 12.1 Å². The number of hydrogen-bond donors (Lipinski definition) is 2. The number of hydrogen-bond acceptors (Lipinski definition) is 2. The second kappa shape index (κ2) is 9.16. The van der Waals surface area contributed by atoms with Crippen LogP contribution in [0.15, 0.2) is 53.5 Å². The first kappa shape index (κ1) is 18.9. The lowest BCUT2D eigenvalue weighted by Crippen LogP contribution is -2.40. The third-order valence-electron chi connectivity index (χ3n) is 4.55. The van der Waals surface area contributed by atoms with E-state index < -0.39 is 0 Å². The molecule has 1 aliphatic heterocycles. The third kappa shape index (κ3) is 4.84. The Morgan fingerprint density at radius 2 is 1.93 bits per heavy atom. The Bertz CT molecular complexity index is 821. The minimum Gasteiger partial charge on any atom is -0.357 e. The van der Waals surface area contributed by atoms with E-state index in [-0.39, 0.29) is 18.3 Å². The predicted octanol–water partition coefficient (Wildman–Crippen LogP) is 2.51. The van der Waals surface area contributed by atoms with E-state index in [0.29, 0.717) is 37.6 Å². The molecule has 0 aliphatic carbocycles. The minimum absolute atomic E-state index is 0.0220. The van der Waals surface area contributed by atoms with Gasteiger partial charge in [-0.2, -0.15) is 0 Å². The highest BCUT2D eigenvalue weighted by molar-refractivity contribution is 5.98. The molecule has 2 N–H and O–H groups in total. The summed E-state index contributed by atoms with van der Waals surface area (Å²) in [7, 11) is 0. The molecule has 0 saturated heterocycles. The highest BCUT2D eigenvalue weighted by atomic mass is 19.1. The van der Waals surface area contributed by atoms with Crippen LogP contribution in [-0.4, -0.2) is 38.0 Å². The zero-order valence-corrected chi connectivity index (χ0v) is 15.5. The van der Waals surface area contributed by atoms with Gasteiger partial charge in [-0.1, -0.05) is 36.4 Å². The number of carbonyl (C=O) groups is 1. The van der Waals surface area contributed by atoms with Crippen LogP contribution in [0.3, 0.4) is 0 Å². The molecule has 2 aromatic rings. The van der Waals surface area contributed by atoms with Crippen LogP contribution in [-0.2, 0) is 17.6 Å². The van der Waals surface area contributed by atoms with Crippen molar-refractivity contribution >= 4 is 17.6 Å². The lowest BCUT2D eigenvalue weighted by atomic mass is 10.1. The molecule has 142 valence electrons. The van der Waals surface area contributed by atoms with Gasteiger partial charge in [0.25, 0.3) is 0 Å². The summed E-state index contributed by atoms with van der Waals surface area (Å²) in [5.41, 5.74) is 2.84. The average Bonchev–Trinajstić information content (AvgIpc) is 3.11. The van der Waals surface area contributed by atoms with Gasteiger partial charge in [0.2, 0.25) is 5.91 Å². The van der Waals surface area contributed by atoms with Gasteiger partial charge in [0.15, 0.2) is 5.96 Å². The quantitative estimate of drug-likeness (QED) is 0.609. The van der Waals surface area contributed by atoms with E-state index in [1.54, 1.807) is 17.0 Å². The number of fused-ring (bicyclic) bond motifs is 1. The predicted molar refractivity (Wildman–Crippen MR) is 107 cm³/mol. The van der Waals surface area contributed by atoms with Crippen LogP contribution in [0.4, 0.5) is 10.1 Å². The zero-order valence-electron chi connectivity index (χ0n) is 15.5. The van der Waals surface area contributed by atoms with Crippen LogP contribution in [0.1, 0.15) is 18.1 Å². The Kier molecular flexibility index (Phi) is 6.41. The fourth-order valence-corrected chi connectivity index (χ4v) is 3.19. The van der Waals surface area contributed by atoms with E-state index in [2.05, 4.69) is 21.7 Å². The first-order chi connectivity index (χ1) is 13.2. The molecule has 0 aromatic heterocycles. The van der Waals surface area contributed by atoms with Crippen LogP contribution in [0.2, 0.25) is 0 Å². The van der Waals surface area contributed by atoms with Gasteiger partial charge in [-0.25, -0.2) is 9.38 Å². The van der Waals surface area contributed by atoms with Crippen molar-refractivity contribution < 1.29 is 9.18 Å². The Labute approximate surface area is 159 Å². The standard InChI is InChI=1S/C21H25FN4O/c1-2-23-21(24-13-11-16-7-3-5-9-18(16)22)25-15-20(27)26-14-12-17-8-4-6-10-19(17)26/h3-10H,2,11-15H2,1H3,(H2,23,24,25). The SMILES string of the molecule is CCNC(=NCC(=O)N1CCc2ccccc21)NCCc1ccccc1F. The molecule has 0 bridgehead atoms. The number of para-hydroxylation sites is 1. The van der Waals surface area contributed by atoms with Gasteiger partial charge in [-0.15, -0.1) is 0 Å². The van der Waals surface area contributed by atoms with Crippen molar-refractivity contribution in [1.82, 2.24) is 10.6 Å². The maximum absolute atomic E-state index is 13.7. The summed E-state index contributed by atoms with van der Waals surface area (Å²) in [4.78, 5) is 18.8. The van der Waals surface area contributed by atoms with Gasteiger partial charge in [-0.05, 0) is 43.0 Å². The van der Waals surface area contributed by atoms with E-state index in [4.69, 9.17) is 0 Å². The maximum atomic E-state index is 13.7. The molecule has 1 aliphatic rings. The molecule has 1 amide bonds. The van der Waals surface area contributed by atoms with E-state index in [1.165, 1.54) is 11.6 Å². The fraction of sp³-hybridized carbons (Fsp3) is 0.333. The van der Waals surface area contributed by atoms with Crippen molar-refractivity contribution in [2.24, 2.45) is 4.99 Å². The Balaban J connectivity index is 1.56. The number of anilines is 1. The van der Waals surface area contributed by atoms with Crippen LogP contribution < -0.4 is 15.5 Å². The lowest BCUT2D eigenvalue weighted by Gasteiger charge is -2.17. The van der Waals surface area contributed by atoms with Gasteiger partial charge in [0, 0.05) is 25.3 Å². The average molecular weight is 368 g/mol. The number of amides is 1. The molecule has 27 heavy (non-hydrogen) atoms. The molecule has 1 heterocycles. The topological polar surface area (TPSA) is 56.7 Å². The molecule has 0 spiro atoms. The molecule has 3 rings (SSSR count). The number of rotatable bonds is 6. The fourth-order valence-electron chi connectivity index (χ4n) is 3.19. The minimum atomic E-state index is -0.205. The number of carbonyl (C=O) groups excluding carboxylic acids is 1. The second-order valence-electron chi connectivity index (χ2n) is 6.39. The van der Waals surface area contributed by atoms with Gasteiger partial charge in [-0.3, -0.25) is 4.79 Å². The molecule has 0 unspecified atom stereocenters. The Morgan fingerprint density at radius 1 is 1.15 bits per heavy atom. The van der Waals surface area contributed by atoms with Crippen LogP contribution in [0, 0.1) is 5.82 Å². The number of guanidine groups is 1. The van der Waals surface area contributed by atoms with Crippen molar-refractivity contribution in [2.45, 2.75) is 19.8 Å². The lowest BCUT2D eigenvalue weighted by molar-refractivity contribution is -0.117. The summed E-state index contributed by atoms with van der Waals surface area (Å²) in [6.07, 6.45) is 1.43. The number of aliphatic imine (C=N–C) groups is 1. The summed E-state index contributed by atoms with van der Waals surface area (Å²) in [6, 6.07) is 14.7. The maximum Gasteiger partial charge on any atom is 0.248 e. The molecular formula is C21H25FN4O. The van der Waals surface area contributed by atoms with Gasteiger partial charge in [0.1, 0.15) is 12.4 Å². The first-order valence-electron chi connectivity index (χ1n) is 9.33. The van der Waals surface area contributed by atoms with E-state index in [9.17, 15) is 9.18 Å². The van der Waals surface area contributed by atoms with E-state index >= 15 is 0 Å². The molecule has 6 heteroatoms. The Morgan fingerprint density at radius 3 is 2.74 bits per heavy atom. The molecule has 2 aromatic carbocycles. The van der Waals surface area contributed by atoms with E-state index in [1.807, 2.05) is 31.2 Å². The zero-order chi connectivity index (χ0) is 19.1. The molecule has 0 atom stereocenters. The summed E-state index contributed by atoms with van der Waals surface area (Å²) in [5, 5.41) is 6.29. The van der Waals surface area contributed by atoms with Crippen LogP contribution >= 0.6 is 0 Å². The summed E-state index contributed by atoms with van der Waals surface area (Å²) in [5.74, 6) is 0.338. The largest absolute Gasteiger partial charge is 0.357 e. The number of halogens is 1. The molecule has 0 saturated carbocycles. The van der Waals surface area contributed by atoms with Crippen molar-refractivity contribution in [1.29, 1.82) is 0 Å². The monoisotopic (exact) mass is 368 g/mol. The number of benzene rings is 2. The van der Waals surface area contributed by atoms with Crippen LogP contribution in [0.5, 0.6) is 0 Å². The molecule has 5 nitrogen and oxygen atoms in total. The summed E-state index contributed by atoms with van der Waals surface area (Å²) >= 11 is 0.